The molecule has 0 N–H and O–H groups in total. The van der Waals surface area contributed by atoms with Gasteiger partial charge in [-0.25, -0.2) is 0 Å². The van der Waals surface area contributed by atoms with Gasteiger partial charge >= 0.3 is 0 Å². The predicted octanol–water partition coefficient (Wildman–Crippen LogP) is 2.90. The molecule has 0 aromatic rings. The first-order valence-corrected chi connectivity index (χ1v) is 6.45. The van der Waals surface area contributed by atoms with E-state index in [9.17, 15) is 4.57 Å². The van der Waals surface area contributed by atoms with Gasteiger partial charge in [-0.1, -0.05) is 18.1 Å². The minimum Gasteiger partial charge on any atom is -0.309 e. The lowest BCUT2D eigenvalue weighted by Gasteiger charge is -2.23. The van der Waals surface area contributed by atoms with Crippen molar-refractivity contribution in [2.45, 2.75) is 26.4 Å². The summed E-state index contributed by atoms with van der Waals surface area (Å²) in [6.07, 6.45) is 9.34. The predicted molar refractivity (Wildman–Crippen MR) is 57.2 cm³/mol. The van der Waals surface area contributed by atoms with Crippen LogP contribution in [0.1, 0.15) is 20.8 Å². The number of hydrogen-bond donors (Lipinski definition) is 0. The van der Waals surface area contributed by atoms with E-state index < -0.39 is 13.0 Å². The van der Waals surface area contributed by atoms with Crippen molar-refractivity contribution >= 4 is 7.37 Å². The van der Waals surface area contributed by atoms with Gasteiger partial charge in [0.25, 0.3) is 0 Å². The van der Waals surface area contributed by atoms with E-state index in [-0.39, 0.29) is 0 Å². The second-order valence-electron chi connectivity index (χ2n) is 3.51. The molecule has 3 heteroatoms. The quantitative estimate of drug-likeness (QED) is 0.396. The lowest BCUT2D eigenvalue weighted by Crippen LogP contribution is -2.20. The highest BCUT2D eigenvalue weighted by molar-refractivity contribution is 7.58. The monoisotopic (exact) mass is 200 g/mol. The molecule has 0 aliphatic carbocycles. The molecule has 0 fully saturated rings. The minimum atomic E-state index is -2.58. The van der Waals surface area contributed by atoms with Gasteiger partial charge in [0.1, 0.15) is 5.60 Å². The standard InChI is InChI=1S/C10H17O2P/c1-6-8-9-13(5,11)12-10(3,4)7-2/h2,6,8H,9H2,1,3-5H3/b8-6+. The van der Waals surface area contributed by atoms with Gasteiger partial charge < -0.3 is 4.52 Å². The van der Waals surface area contributed by atoms with Gasteiger partial charge in [-0.2, -0.15) is 0 Å². The van der Waals surface area contributed by atoms with Crippen molar-refractivity contribution in [3.63, 3.8) is 0 Å². The van der Waals surface area contributed by atoms with Crippen LogP contribution in [-0.4, -0.2) is 18.4 Å². The second-order valence-corrected chi connectivity index (χ2v) is 6.09. The number of terminal acetylenes is 1. The summed E-state index contributed by atoms with van der Waals surface area (Å²) in [4.78, 5) is 0. The van der Waals surface area contributed by atoms with Crippen molar-refractivity contribution in [2.24, 2.45) is 0 Å². The summed E-state index contributed by atoms with van der Waals surface area (Å²) in [5.41, 5.74) is -0.744. The largest absolute Gasteiger partial charge is 0.309 e. The summed E-state index contributed by atoms with van der Waals surface area (Å²) in [6, 6.07) is 0. The highest BCUT2D eigenvalue weighted by Gasteiger charge is 2.25. The molecule has 74 valence electrons. The van der Waals surface area contributed by atoms with Crippen LogP contribution in [-0.2, 0) is 9.09 Å². The van der Waals surface area contributed by atoms with Crippen LogP contribution in [0.15, 0.2) is 12.2 Å². The molecule has 0 bridgehead atoms. The number of allylic oxidation sites excluding steroid dienone is 2. The molecule has 0 amide bonds. The molecule has 0 rings (SSSR count). The Morgan fingerprint density at radius 2 is 2.15 bits per heavy atom. The van der Waals surface area contributed by atoms with Crippen molar-refractivity contribution in [1.82, 2.24) is 0 Å². The zero-order valence-electron chi connectivity index (χ0n) is 8.70. The Morgan fingerprint density at radius 3 is 2.54 bits per heavy atom. The highest BCUT2D eigenvalue weighted by Crippen LogP contribution is 2.46. The fraction of sp³-hybridized carbons (Fsp3) is 0.600. The van der Waals surface area contributed by atoms with Crippen LogP contribution in [0.25, 0.3) is 0 Å². The molecule has 0 aliphatic heterocycles. The molecule has 0 aliphatic rings. The third-order valence-electron chi connectivity index (χ3n) is 1.44. The third-order valence-corrected chi connectivity index (χ3v) is 3.16. The highest BCUT2D eigenvalue weighted by atomic mass is 31.2. The van der Waals surface area contributed by atoms with Crippen molar-refractivity contribution in [3.8, 4) is 12.3 Å². The van der Waals surface area contributed by atoms with Crippen LogP contribution in [0, 0.1) is 12.3 Å². The summed E-state index contributed by atoms with van der Waals surface area (Å²) in [5.74, 6) is 2.46. The Morgan fingerprint density at radius 1 is 1.62 bits per heavy atom. The molecule has 1 atom stereocenters. The van der Waals surface area contributed by atoms with E-state index >= 15 is 0 Å². The summed E-state index contributed by atoms with van der Waals surface area (Å²) < 4.78 is 17.1. The molecular weight excluding hydrogens is 183 g/mol. The first-order chi connectivity index (χ1) is 5.83. The maximum absolute atomic E-state index is 11.8. The van der Waals surface area contributed by atoms with Crippen LogP contribution >= 0.6 is 7.37 Å². The van der Waals surface area contributed by atoms with E-state index in [2.05, 4.69) is 5.92 Å². The Labute approximate surface area is 80.8 Å². The summed E-state index contributed by atoms with van der Waals surface area (Å²) in [6.45, 7) is 6.95. The fourth-order valence-corrected chi connectivity index (χ4v) is 2.53. The topological polar surface area (TPSA) is 26.3 Å². The first kappa shape index (κ1) is 12.5. The van der Waals surface area contributed by atoms with Crippen molar-refractivity contribution in [2.75, 3.05) is 12.8 Å². The van der Waals surface area contributed by atoms with E-state index in [1.54, 1.807) is 20.5 Å². The summed E-state index contributed by atoms with van der Waals surface area (Å²) >= 11 is 0. The number of hydrogen-bond acceptors (Lipinski definition) is 2. The molecule has 0 saturated carbocycles. The maximum atomic E-state index is 11.8. The molecule has 0 radical (unpaired) electrons. The van der Waals surface area contributed by atoms with Crippen LogP contribution < -0.4 is 0 Å². The average molecular weight is 200 g/mol. The van der Waals surface area contributed by atoms with Gasteiger partial charge in [0.15, 0.2) is 0 Å². The zero-order valence-corrected chi connectivity index (χ0v) is 9.60. The lowest BCUT2D eigenvalue weighted by molar-refractivity contribution is 0.179. The van der Waals surface area contributed by atoms with E-state index in [0.717, 1.165) is 0 Å². The molecule has 0 saturated heterocycles. The van der Waals surface area contributed by atoms with Crippen LogP contribution in [0.5, 0.6) is 0 Å². The van der Waals surface area contributed by atoms with Gasteiger partial charge in [0.05, 0.1) is 0 Å². The van der Waals surface area contributed by atoms with Gasteiger partial charge in [-0.05, 0) is 20.8 Å². The first-order valence-electron chi connectivity index (χ1n) is 4.19. The van der Waals surface area contributed by atoms with Crippen LogP contribution in [0.2, 0.25) is 0 Å². The molecule has 0 spiro atoms. The van der Waals surface area contributed by atoms with Gasteiger partial charge in [0.2, 0.25) is 7.37 Å². The van der Waals surface area contributed by atoms with Crippen molar-refractivity contribution in [3.05, 3.63) is 12.2 Å². The molecule has 0 aromatic carbocycles. The minimum absolute atomic E-state index is 0.439. The van der Waals surface area contributed by atoms with Crippen molar-refractivity contribution < 1.29 is 9.09 Å². The molecule has 13 heavy (non-hydrogen) atoms. The normalized spacial score (nSPS) is 16.8. The van der Waals surface area contributed by atoms with Crippen LogP contribution in [0.3, 0.4) is 0 Å². The summed E-state index contributed by atoms with van der Waals surface area (Å²) in [7, 11) is -2.58. The molecule has 2 nitrogen and oxygen atoms in total. The Bertz CT molecular complexity index is 271. The van der Waals surface area contributed by atoms with Crippen LogP contribution in [0.4, 0.5) is 0 Å². The van der Waals surface area contributed by atoms with E-state index in [4.69, 9.17) is 10.9 Å². The van der Waals surface area contributed by atoms with E-state index in [1.807, 2.05) is 19.1 Å². The summed E-state index contributed by atoms with van der Waals surface area (Å²) in [5, 5.41) is 0. The third kappa shape index (κ3) is 5.69. The molecule has 0 heterocycles. The fourth-order valence-electron chi connectivity index (χ4n) is 0.843. The van der Waals surface area contributed by atoms with Gasteiger partial charge in [-0.15, -0.1) is 6.42 Å². The Balaban J connectivity index is 4.36. The zero-order chi connectivity index (χ0) is 10.5. The van der Waals surface area contributed by atoms with E-state index in [1.165, 1.54) is 0 Å². The molecular formula is C10H17O2P. The maximum Gasteiger partial charge on any atom is 0.205 e. The number of rotatable bonds is 4. The van der Waals surface area contributed by atoms with Gasteiger partial charge in [-0.3, -0.25) is 4.57 Å². The lowest BCUT2D eigenvalue weighted by atomic mass is 10.2. The second kappa shape index (κ2) is 4.65. The Hall–Kier alpha value is -0.510. The smallest absolute Gasteiger partial charge is 0.205 e. The SMILES string of the molecule is C#CC(C)(C)OP(C)(=O)C/C=C/C. The Kier molecular flexibility index (Phi) is 4.47. The average Bonchev–Trinajstić information content (AvgIpc) is 1.99. The van der Waals surface area contributed by atoms with Gasteiger partial charge in [0, 0.05) is 12.8 Å². The van der Waals surface area contributed by atoms with Crippen molar-refractivity contribution in [1.29, 1.82) is 0 Å². The molecule has 1 unspecified atom stereocenters. The molecule has 0 aromatic heterocycles. The van der Waals surface area contributed by atoms with E-state index in [0.29, 0.717) is 6.16 Å².